The second-order valence-corrected chi connectivity index (χ2v) is 4.76. The monoisotopic (exact) mass is 249 g/mol. The summed E-state index contributed by atoms with van der Waals surface area (Å²) >= 11 is 0. The fourth-order valence-electron chi connectivity index (χ4n) is 2.58. The van der Waals surface area contributed by atoms with E-state index < -0.39 is 0 Å². The van der Waals surface area contributed by atoms with Crippen LogP contribution in [0.4, 0.5) is 5.69 Å². The van der Waals surface area contributed by atoms with Gasteiger partial charge in [-0.1, -0.05) is 18.2 Å². The number of nitro groups is 1. The first-order chi connectivity index (χ1) is 8.63. The van der Waals surface area contributed by atoms with Gasteiger partial charge in [-0.2, -0.15) is 0 Å². The Bertz CT molecular complexity index is 436. The van der Waals surface area contributed by atoms with Crippen LogP contribution in [0.2, 0.25) is 0 Å². The molecular weight excluding hydrogens is 230 g/mol. The molecule has 1 aliphatic rings. The van der Waals surface area contributed by atoms with Crippen molar-refractivity contribution in [2.24, 2.45) is 0 Å². The lowest BCUT2D eigenvalue weighted by Gasteiger charge is -2.24. The van der Waals surface area contributed by atoms with E-state index in [1.54, 1.807) is 12.1 Å². The van der Waals surface area contributed by atoms with Crippen molar-refractivity contribution in [2.75, 3.05) is 20.1 Å². The van der Waals surface area contributed by atoms with E-state index in [9.17, 15) is 10.1 Å². The maximum absolute atomic E-state index is 11.0. The van der Waals surface area contributed by atoms with Crippen LogP contribution in [0.3, 0.4) is 0 Å². The molecule has 1 aromatic rings. The van der Waals surface area contributed by atoms with Gasteiger partial charge >= 0.3 is 0 Å². The minimum atomic E-state index is -0.294. The molecule has 0 bridgehead atoms. The van der Waals surface area contributed by atoms with Crippen molar-refractivity contribution >= 4 is 5.69 Å². The summed E-state index contributed by atoms with van der Waals surface area (Å²) in [5, 5.41) is 14.3. The summed E-state index contributed by atoms with van der Waals surface area (Å²) in [6.07, 6.45) is 1.10. The summed E-state index contributed by atoms with van der Waals surface area (Å²) in [7, 11) is 1.96. The fraction of sp³-hybridized carbons (Fsp3) is 0.538. The molecule has 1 fully saturated rings. The predicted octanol–water partition coefficient (Wildman–Crippen LogP) is 1.95. The van der Waals surface area contributed by atoms with E-state index in [1.165, 1.54) is 0 Å². The Hall–Kier alpha value is -1.46. The maximum Gasteiger partial charge on any atom is 0.274 e. The molecule has 1 aromatic carbocycles. The number of hydrogen-bond acceptors (Lipinski definition) is 4. The molecule has 0 aromatic heterocycles. The lowest BCUT2D eigenvalue weighted by molar-refractivity contribution is -0.385. The van der Waals surface area contributed by atoms with Crippen LogP contribution in [0.1, 0.15) is 24.9 Å². The highest BCUT2D eigenvalue weighted by atomic mass is 16.6. The van der Waals surface area contributed by atoms with Gasteiger partial charge in [0, 0.05) is 36.8 Å². The minimum Gasteiger partial charge on any atom is -0.316 e. The SMILES string of the molecule is CNC1CCN(C(C)c2ccccc2[N+](=O)[O-])C1. The molecular formula is C13H19N3O2. The third-order valence-corrected chi connectivity index (χ3v) is 3.76. The van der Waals surface area contributed by atoms with Crippen LogP contribution >= 0.6 is 0 Å². The van der Waals surface area contributed by atoms with Gasteiger partial charge in [0.2, 0.25) is 0 Å². The zero-order valence-corrected chi connectivity index (χ0v) is 10.8. The average Bonchev–Trinajstić information content (AvgIpc) is 2.86. The van der Waals surface area contributed by atoms with Crippen LogP contribution < -0.4 is 5.32 Å². The number of benzene rings is 1. The van der Waals surface area contributed by atoms with E-state index in [0.717, 1.165) is 25.1 Å². The van der Waals surface area contributed by atoms with Crippen LogP contribution in [-0.2, 0) is 0 Å². The third kappa shape index (κ3) is 2.52. The van der Waals surface area contributed by atoms with E-state index in [4.69, 9.17) is 0 Å². The highest BCUT2D eigenvalue weighted by molar-refractivity contribution is 5.41. The molecule has 1 heterocycles. The zero-order valence-electron chi connectivity index (χ0n) is 10.8. The van der Waals surface area contributed by atoms with E-state index in [-0.39, 0.29) is 16.7 Å². The molecule has 1 aliphatic heterocycles. The number of nitrogens with one attached hydrogen (secondary N) is 1. The first-order valence-electron chi connectivity index (χ1n) is 6.28. The van der Waals surface area contributed by atoms with E-state index in [1.807, 2.05) is 26.1 Å². The molecule has 2 rings (SSSR count). The Morgan fingerprint density at radius 1 is 1.50 bits per heavy atom. The van der Waals surface area contributed by atoms with Gasteiger partial charge in [-0.15, -0.1) is 0 Å². The zero-order chi connectivity index (χ0) is 13.1. The largest absolute Gasteiger partial charge is 0.316 e. The molecule has 2 atom stereocenters. The van der Waals surface area contributed by atoms with Crippen molar-refractivity contribution in [3.05, 3.63) is 39.9 Å². The first-order valence-corrected chi connectivity index (χ1v) is 6.28. The Morgan fingerprint density at radius 3 is 2.83 bits per heavy atom. The van der Waals surface area contributed by atoms with Crippen LogP contribution in [0.25, 0.3) is 0 Å². The summed E-state index contributed by atoms with van der Waals surface area (Å²) in [5.74, 6) is 0. The topological polar surface area (TPSA) is 58.4 Å². The highest BCUT2D eigenvalue weighted by Gasteiger charge is 2.29. The molecule has 0 aliphatic carbocycles. The second kappa shape index (κ2) is 5.46. The normalized spacial score (nSPS) is 22.0. The quantitative estimate of drug-likeness (QED) is 0.654. The van der Waals surface area contributed by atoms with Crippen LogP contribution in [-0.4, -0.2) is 36.0 Å². The van der Waals surface area contributed by atoms with Gasteiger partial charge in [0.25, 0.3) is 5.69 Å². The summed E-state index contributed by atoms with van der Waals surface area (Å²) in [6, 6.07) is 7.60. The lowest BCUT2D eigenvalue weighted by atomic mass is 10.1. The van der Waals surface area contributed by atoms with Gasteiger partial charge in [0.1, 0.15) is 0 Å². The molecule has 1 N–H and O–H groups in total. The van der Waals surface area contributed by atoms with Crippen molar-refractivity contribution in [1.29, 1.82) is 0 Å². The van der Waals surface area contributed by atoms with Crippen molar-refractivity contribution < 1.29 is 4.92 Å². The predicted molar refractivity (Wildman–Crippen MR) is 70.5 cm³/mol. The smallest absolute Gasteiger partial charge is 0.274 e. The van der Waals surface area contributed by atoms with Crippen molar-refractivity contribution in [3.8, 4) is 0 Å². The lowest BCUT2D eigenvalue weighted by Crippen LogP contribution is -2.31. The Balaban J connectivity index is 2.19. The Morgan fingerprint density at radius 2 is 2.22 bits per heavy atom. The number of likely N-dealkylation sites (tertiary alicyclic amines) is 1. The maximum atomic E-state index is 11.0. The van der Waals surface area contributed by atoms with Gasteiger partial charge in [-0.3, -0.25) is 15.0 Å². The fourth-order valence-corrected chi connectivity index (χ4v) is 2.58. The van der Waals surface area contributed by atoms with E-state index >= 15 is 0 Å². The minimum absolute atomic E-state index is 0.0879. The van der Waals surface area contributed by atoms with Crippen LogP contribution in [0.15, 0.2) is 24.3 Å². The molecule has 5 nitrogen and oxygen atoms in total. The number of nitro benzene ring substituents is 1. The third-order valence-electron chi connectivity index (χ3n) is 3.76. The highest BCUT2D eigenvalue weighted by Crippen LogP contribution is 2.30. The number of rotatable bonds is 4. The van der Waals surface area contributed by atoms with Gasteiger partial charge in [-0.25, -0.2) is 0 Å². The van der Waals surface area contributed by atoms with Crippen LogP contribution in [0.5, 0.6) is 0 Å². The number of likely N-dealkylation sites (N-methyl/N-ethyl adjacent to an activating group) is 1. The molecule has 0 radical (unpaired) electrons. The summed E-state index contributed by atoms with van der Waals surface area (Å²) in [5.41, 5.74) is 1.03. The second-order valence-electron chi connectivity index (χ2n) is 4.76. The van der Waals surface area contributed by atoms with Crippen molar-refractivity contribution in [3.63, 3.8) is 0 Å². The van der Waals surface area contributed by atoms with Gasteiger partial charge in [0.05, 0.1) is 4.92 Å². The van der Waals surface area contributed by atoms with Crippen molar-refractivity contribution in [1.82, 2.24) is 10.2 Å². The Kier molecular flexibility index (Phi) is 3.93. The van der Waals surface area contributed by atoms with E-state index in [2.05, 4.69) is 10.2 Å². The molecule has 0 spiro atoms. The molecule has 18 heavy (non-hydrogen) atoms. The molecule has 0 saturated carbocycles. The average molecular weight is 249 g/mol. The first kappa shape index (κ1) is 13.0. The molecule has 1 saturated heterocycles. The molecule has 0 amide bonds. The summed E-state index contributed by atoms with van der Waals surface area (Å²) in [4.78, 5) is 13.0. The van der Waals surface area contributed by atoms with Gasteiger partial charge in [0.15, 0.2) is 0 Å². The van der Waals surface area contributed by atoms with Gasteiger partial charge in [-0.05, 0) is 20.4 Å². The van der Waals surface area contributed by atoms with Crippen molar-refractivity contribution in [2.45, 2.75) is 25.4 Å². The summed E-state index contributed by atoms with van der Waals surface area (Å²) in [6.45, 7) is 3.98. The van der Waals surface area contributed by atoms with Crippen LogP contribution in [0, 0.1) is 10.1 Å². The molecule has 2 unspecified atom stereocenters. The summed E-state index contributed by atoms with van der Waals surface area (Å²) < 4.78 is 0. The van der Waals surface area contributed by atoms with E-state index in [0.29, 0.717) is 6.04 Å². The molecule has 5 heteroatoms. The molecule has 98 valence electrons. The standard InChI is InChI=1S/C13H19N3O2/c1-10(15-8-7-11(9-15)14-2)12-5-3-4-6-13(12)16(17)18/h3-6,10-11,14H,7-9H2,1-2H3. The number of para-hydroxylation sites is 1. The number of nitrogens with zero attached hydrogens (tertiary/aromatic N) is 2. The Labute approximate surface area is 107 Å². The van der Waals surface area contributed by atoms with Gasteiger partial charge < -0.3 is 5.32 Å². The number of hydrogen-bond donors (Lipinski definition) is 1.